The van der Waals surface area contributed by atoms with Crippen LogP contribution in [0.5, 0.6) is 5.75 Å². The normalized spacial score (nSPS) is 12.1. The molecule has 0 aliphatic heterocycles. The lowest BCUT2D eigenvalue weighted by Crippen LogP contribution is -2.53. The van der Waals surface area contributed by atoms with Gasteiger partial charge in [-0.2, -0.15) is 0 Å². The maximum atomic E-state index is 14.1. The Morgan fingerprint density at radius 3 is 2.13 bits per heavy atom. The number of carbonyl (C=O) groups is 2. The highest BCUT2D eigenvalue weighted by atomic mass is 32.2. The summed E-state index contributed by atoms with van der Waals surface area (Å²) in [7, 11) is -2.71. The third-order valence-corrected chi connectivity index (χ3v) is 8.03. The van der Waals surface area contributed by atoms with Crippen LogP contribution in [0.25, 0.3) is 0 Å². The number of methoxy groups -OCH3 is 1. The summed E-state index contributed by atoms with van der Waals surface area (Å²) in [5.74, 6) is -0.492. The molecule has 0 aliphatic carbocycles. The number of ether oxygens (including phenoxy) is 1. The van der Waals surface area contributed by atoms with Crippen LogP contribution in [0.1, 0.15) is 38.3 Å². The topological polar surface area (TPSA) is 96.0 Å². The van der Waals surface area contributed by atoms with Crippen molar-refractivity contribution in [3.8, 4) is 5.75 Å². The molecule has 0 radical (unpaired) electrons. The first-order valence-corrected chi connectivity index (χ1v) is 14.4. The van der Waals surface area contributed by atoms with Gasteiger partial charge >= 0.3 is 0 Å². The molecule has 9 heteroatoms. The second-order valence-electron chi connectivity index (χ2n) is 9.59. The molecule has 3 aromatic carbocycles. The Bertz CT molecular complexity index is 1360. The smallest absolute Gasteiger partial charge is 0.264 e. The summed E-state index contributed by atoms with van der Waals surface area (Å²) < 4.78 is 34.3. The number of rotatable bonds is 12. The molecule has 0 aromatic heterocycles. The SMILES string of the molecule is CC[C@@H](C(=O)NC(C)C)N(Cc1ccc(C)cc1)C(=O)CN(c1ccccc1OC)S(=O)(=O)c1ccccc1. The number of hydrogen-bond acceptors (Lipinski definition) is 5. The van der Waals surface area contributed by atoms with E-state index in [1.54, 1.807) is 42.5 Å². The molecule has 1 N–H and O–H groups in total. The second kappa shape index (κ2) is 13.3. The van der Waals surface area contributed by atoms with E-state index in [-0.39, 0.29) is 29.1 Å². The van der Waals surface area contributed by atoms with Crippen LogP contribution in [0.4, 0.5) is 5.69 Å². The van der Waals surface area contributed by atoms with Gasteiger partial charge in [-0.05, 0) is 57.0 Å². The summed E-state index contributed by atoms with van der Waals surface area (Å²) in [5.41, 5.74) is 2.13. The van der Waals surface area contributed by atoms with Crippen LogP contribution in [-0.2, 0) is 26.2 Å². The minimum Gasteiger partial charge on any atom is -0.495 e. The van der Waals surface area contributed by atoms with Gasteiger partial charge in [0.25, 0.3) is 10.0 Å². The van der Waals surface area contributed by atoms with Gasteiger partial charge in [-0.3, -0.25) is 13.9 Å². The molecular formula is C30H37N3O5S. The van der Waals surface area contributed by atoms with E-state index in [0.717, 1.165) is 15.4 Å². The average Bonchev–Trinajstić information content (AvgIpc) is 2.92. The number of amides is 2. The van der Waals surface area contributed by atoms with E-state index in [2.05, 4.69) is 5.32 Å². The number of benzene rings is 3. The van der Waals surface area contributed by atoms with E-state index < -0.39 is 28.5 Å². The molecule has 0 fully saturated rings. The molecule has 0 spiro atoms. The van der Waals surface area contributed by atoms with E-state index in [1.807, 2.05) is 52.0 Å². The van der Waals surface area contributed by atoms with Crippen LogP contribution in [0.15, 0.2) is 83.8 Å². The highest BCUT2D eigenvalue weighted by molar-refractivity contribution is 7.92. The fourth-order valence-electron chi connectivity index (χ4n) is 4.26. The van der Waals surface area contributed by atoms with Crippen molar-refractivity contribution in [3.63, 3.8) is 0 Å². The predicted octanol–water partition coefficient (Wildman–Crippen LogP) is 4.53. The predicted molar refractivity (Wildman–Crippen MR) is 153 cm³/mol. The lowest BCUT2D eigenvalue weighted by atomic mass is 10.1. The van der Waals surface area contributed by atoms with Crippen molar-refractivity contribution in [2.45, 2.75) is 57.6 Å². The molecule has 3 rings (SSSR count). The Labute approximate surface area is 231 Å². The molecule has 0 unspecified atom stereocenters. The summed E-state index contributed by atoms with van der Waals surface area (Å²) in [6.45, 7) is 7.14. The van der Waals surface area contributed by atoms with Crippen molar-refractivity contribution >= 4 is 27.5 Å². The van der Waals surface area contributed by atoms with E-state index in [0.29, 0.717) is 12.2 Å². The Hall–Kier alpha value is -3.85. The summed E-state index contributed by atoms with van der Waals surface area (Å²) in [6.07, 6.45) is 0.357. The third-order valence-electron chi connectivity index (χ3n) is 6.25. The van der Waals surface area contributed by atoms with Crippen molar-refractivity contribution in [3.05, 3.63) is 90.0 Å². The molecule has 39 heavy (non-hydrogen) atoms. The molecule has 2 amide bonds. The first-order valence-electron chi connectivity index (χ1n) is 12.9. The summed E-state index contributed by atoms with van der Waals surface area (Å²) >= 11 is 0. The maximum Gasteiger partial charge on any atom is 0.264 e. The van der Waals surface area contributed by atoms with Crippen molar-refractivity contribution in [2.75, 3.05) is 18.0 Å². The van der Waals surface area contributed by atoms with Gasteiger partial charge in [-0.1, -0.05) is 67.1 Å². The largest absolute Gasteiger partial charge is 0.495 e. The van der Waals surface area contributed by atoms with Gasteiger partial charge in [0.2, 0.25) is 11.8 Å². The number of anilines is 1. The van der Waals surface area contributed by atoms with Gasteiger partial charge in [0.05, 0.1) is 17.7 Å². The van der Waals surface area contributed by atoms with Crippen LogP contribution in [-0.4, -0.2) is 50.9 Å². The minimum atomic E-state index is -4.16. The van der Waals surface area contributed by atoms with E-state index in [1.165, 1.54) is 24.1 Å². The van der Waals surface area contributed by atoms with Gasteiger partial charge in [0, 0.05) is 12.6 Å². The van der Waals surface area contributed by atoms with E-state index >= 15 is 0 Å². The second-order valence-corrected chi connectivity index (χ2v) is 11.5. The Kier molecular flexibility index (Phi) is 10.1. The zero-order valence-electron chi connectivity index (χ0n) is 23.1. The number of hydrogen-bond donors (Lipinski definition) is 1. The van der Waals surface area contributed by atoms with E-state index in [9.17, 15) is 18.0 Å². The molecule has 0 aliphatic rings. The van der Waals surface area contributed by atoms with Gasteiger partial charge in [-0.15, -0.1) is 0 Å². The summed E-state index contributed by atoms with van der Waals surface area (Å²) in [5, 5.41) is 2.90. The lowest BCUT2D eigenvalue weighted by Gasteiger charge is -2.33. The van der Waals surface area contributed by atoms with Gasteiger partial charge < -0.3 is 15.0 Å². The quantitative estimate of drug-likeness (QED) is 0.357. The molecule has 208 valence electrons. The van der Waals surface area contributed by atoms with Crippen molar-refractivity contribution in [1.29, 1.82) is 0 Å². The summed E-state index contributed by atoms with van der Waals surface area (Å²) in [4.78, 5) is 28.8. The molecule has 0 bridgehead atoms. The Morgan fingerprint density at radius 1 is 0.923 bits per heavy atom. The zero-order chi connectivity index (χ0) is 28.6. The minimum absolute atomic E-state index is 0.0402. The average molecular weight is 552 g/mol. The molecule has 0 saturated heterocycles. The molecule has 3 aromatic rings. The van der Waals surface area contributed by atoms with Crippen molar-refractivity contribution < 1.29 is 22.7 Å². The first-order chi connectivity index (χ1) is 18.6. The maximum absolute atomic E-state index is 14.1. The Morgan fingerprint density at radius 2 is 1.54 bits per heavy atom. The van der Waals surface area contributed by atoms with Crippen LogP contribution >= 0.6 is 0 Å². The zero-order valence-corrected chi connectivity index (χ0v) is 23.9. The van der Waals surface area contributed by atoms with Gasteiger partial charge in [-0.25, -0.2) is 8.42 Å². The fourth-order valence-corrected chi connectivity index (χ4v) is 5.70. The number of sulfonamides is 1. The van der Waals surface area contributed by atoms with Crippen molar-refractivity contribution in [2.24, 2.45) is 0 Å². The standard InChI is InChI=1S/C30H37N3O5S/c1-6-26(30(35)31-22(2)3)32(20-24-18-16-23(4)17-19-24)29(34)21-33(27-14-10-11-15-28(27)38-5)39(36,37)25-12-8-7-9-13-25/h7-19,22,26H,6,20-21H2,1-5H3,(H,31,35)/t26-/m0/s1. The monoisotopic (exact) mass is 551 g/mol. The first kappa shape index (κ1) is 29.7. The highest BCUT2D eigenvalue weighted by Gasteiger charge is 2.34. The molecular weight excluding hydrogens is 514 g/mol. The molecule has 8 nitrogen and oxygen atoms in total. The third kappa shape index (κ3) is 7.38. The molecule has 0 saturated carbocycles. The van der Waals surface area contributed by atoms with Gasteiger partial charge in [0.1, 0.15) is 18.3 Å². The number of carbonyl (C=O) groups excluding carboxylic acids is 2. The van der Waals surface area contributed by atoms with Crippen LogP contribution in [0.2, 0.25) is 0 Å². The molecule has 0 heterocycles. The number of nitrogens with one attached hydrogen (secondary N) is 1. The Balaban J connectivity index is 2.08. The van der Waals surface area contributed by atoms with Crippen LogP contribution < -0.4 is 14.4 Å². The molecule has 1 atom stereocenters. The van der Waals surface area contributed by atoms with E-state index in [4.69, 9.17) is 4.74 Å². The van der Waals surface area contributed by atoms with Crippen LogP contribution in [0, 0.1) is 6.92 Å². The number of nitrogens with zero attached hydrogens (tertiary/aromatic N) is 2. The fraction of sp³-hybridized carbons (Fsp3) is 0.333. The number of aryl methyl sites for hydroxylation is 1. The van der Waals surface area contributed by atoms with Gasteiger partial charge in [0.15, 0.2) is 0 Å². The number of para-hydroxylation sites is 2. The lowest BCUT2D eigenvalue weighted by molar-refractivity contribution is -0.140. The highest BCUT2D eigenvalue weighted by Crippen LogP contribution is 2.32. The van der Waals surface area contributed by atoms with Crippen LogP contribution in [0.3, 0.4) is 0 Å². The summed E-state index contributed by atoms with van der Waals surface area (Å²) in [6, 6.07) is 21.4. The van der Waals surface area contributed by atoms with Crippen molar-refractivity contribution in [1.82, 2.24) is 10.2 Å².